The van der Waals surface area contributed by atoms with Crippen molar-refractivity contribution in [3.05, 3.63) is 53.6 Å². The molecule has 3 rings (SSSR count). The highest BCUT2D eigenvalue weighted by molar-refractivity contribution is 7.23. The number of hydrogen-bond acceptors (Lipinski definition) is 6. The first-order chi connectivity index (χ1) is 14.1. The second-order valence-electron chi connectivity index (χ2n) is 6.35. The second kappa shape index (κ2) is 9.43. The number of carbonyl (C=O) groups excluding carboxylic acids is 2. The zero-order valence-corrected chi connectivity index (χ0v) is 17.4. The number of esters is 1. The fraction of sp³-hybridized carbons (Fsp3) is 0.273. The largest absolute Gasteiger partial charge is 0.497 e. The van der Waals surface area contributed by atoms with Gasteiger partial charge in [0, 0.05) is 21.7 Å². The van der Waals surface area contributed by atoms with Crippen LogP contribution >= 0.6 is 11.3 Å². The van der Waals surface area contributed by atoms with E-state index < -0.39 is 5.97 Å². The Morgan fingerprint density at radius 2 is 1.72 bits per heavy atom. The number of hydrogen-bond donors (Lipinski definition) is 1. The number of thiophene rings is 1. The Labute approximate surface area is 173 Å². The van der Waals surface area contributed by atoms with Gasteiger partial charge in [-0.25, -0.2) is 4.79 Å². The average molecular weight is 413 g/mol. The van der Waals surface area contributed by atoms with Gasteiger partial charge in [-0.2, -0.15) is 0 Å². The van der Waals surface area contributed by atoms with Gasteiger partial charge in [-0.3, -0.25) is 4.79 Å². The van der Waals surface area contributed by atoms with E-state index in [4.69, 9.17) is 14.2 Å². The summed E-state index contributed by atoms with van der Waals surface area (Å²) in [6, 6.07) is 12.4. The van der Waals surface area contributed by atoms with Gasteiger partial charge in [0.25, 0.3) is 5.91 Å². The molecule has 1 aromatic heterocycles. The van der Waals surface area contributed by atoms with Crippen molar-refractivity contribution < 1.29 is 23.8 Å². The summed E-state index contributed by atoms with van der Waals surface area (Å²) in [5, 5.41) is 4.08. The zero-order valence-electron chi connectivity index (χ0n) is 16.6. The maximum atomic E-state index is 12.9. The number of ether oxygens (including phenoxy) is 3. The van der Waals surface area contributed by atoms with Crippen molar-refractivity contribution in [1.29, 1.82) is 0 Å². The van der Waals surface area contributed by atoms with Crippen LogP contribution in [0.25, 0.3) is 10.1 Å². The average Bonchev–Trinajstić information content (AvgIpc) is 3.11. The van der Waals surface area contributed by atoms with Gasteiger partial charge in [-0.05, 0) is 24.6 Å². The minimum atomic E-state index is -0.436. The van der Waals surface area contributed by atoms with Gasteiger partial charge in [0.1, 0.15) is 22.1 Å². The van der Waals surface area contributed by atoms with Gasteiger partial charge in [0.2, 0.25) is 0 Å². The Balaban J connectivity index is 1.94. The molecule has 29 heavy (non-hydrogen) atoms. The molecule has 0 atom stereocenters. The van der Waals surface area contributed by atoms with Gasteiger partial charge < -0.3 is 19.5 Å². The van der Waals surface area contributed by atoms with E-state index in [9.17, 15) is 9.59 Å². The van der Waals surface area contributed by atoms with Gasteiger partial charge in [-0.1, -0.05) is 31.5 Å². The van der Waals surface area contributed by atoms with Gasteiger partial charge in [0.15, 0.2) is 0 Å². The van der Waals surface area contributed by atoms with Crippen molar-refractivity contribution >= 4 is 38.3 Å². The monoisotopic (exact) mass is 413 g/mol. The quantitative estimate of drug-likeness (QED) is 0.409. The van der Waals surface area contributed by atoms with Crippen molar-refractivity contribution in [2.24, 2.45) is 0 Å². The predicted molar refractivity (Wildman–Crippen MR) is 115 cm³/mol. The molecular weight excluding hydrogens is 390 g/mol. The number of amides is 1. The number of methoxy groups -OCH3 is 2. The molecule has 0 radical (unpaired) electrons. The number of nitrogens with one attached hydrogen (secondary N) is 1. The smallest absolute Gasteiger partial charge is 0.341 e. The molecule has 0 saturated carbocycles. The maximum Gasteiger partial charge on any atom is 0.341 e. The molecule has 0 aliphatic rings. The lowest BCUT2D eigenvalue weighted by Crippen LogP contribution is -2.15. The summed E-state index contributed by atoms with van der Waals surface area (Å²) >= 11 is 1.34. The highest BCUT2D eigenvalue weighted by atomic mass is 32.1. The van der Waals surface area contributed by atoms with Crippen LogP contribution in [0.4, 0.5) is 5.00 Å². The normalized spacial score (nSPS) is 10.6. The first kappa shape index (κ1) is 20.7. The van der Waals surface area contributed by atoms with Crippen molar-refractivity contribution in [1.82, 2.24) is 0 Å². The maximum absolute atomic E-state index is 12.9. The molecule has 0 aliphatic carbocycles. The molecule has 0 fully saturated rings. The lowest BCUT2D eigenvalue weighted by molar-refractivity contribution is 0.0503. The predicted octanol–water partition coefficient (Wildman–Crippen LogP) is 5.13. The van der Waals surface area contributed by atoms with Crippen molar-refractivity contribution in [3.63, 3.8) is 0 Å². The lowest BCUT2D eigenvalue weighted by Gasteiger charge is -2.10. The van der Waals surface area contributed by atoms with Crippen LogP contribution in [-0.4, -0.2) is 32.7 Å². The highest BCUT2D eigenvalue weighted by Gasteiger charge is 2.22. The molecule has 0 aliphatic heterocycles. The summed E-state index contributed by atoms with van der Waals surface area (Å²) in [5.74, 6) is 0.209. The van der Waals surface area contributed by atoms with Gasteiger partial charge in [-0.15, -0.1) is 11.3 Å². The van der Waals surface area contributed by atoms with Gasteiger partial charge in [0.05, 0.1) is 20.8 Å². The van der Waals surface area contributed by atoms with Crippen LogP contribution < -0.4 is 14.8 Å². The SMILES string of the molecule is CCCCOC(=O)c1c(NC(=O)c2cc(OC)cc(OC)c2)sc2ccccc12. The minimum absolute atomic E-state index is 0.347. The van der Waals surface area contributed by atoms with E-state index in [-0.39, 0.29) is 5.91 Å². The number of fused-ring (bicyclic) bond motifs is 1. The van der Waals surface area contributed by atoms with Crippen molar-refractivity contribution in [3.8, 4) is 11.5 Å². The molecule has 3 aromatic rings. The Hall–Kier alpha value is -3.06. The van der Waals surface area contributed by atoms with E-state index in [1.807, 2.05) is 31.2 Å². The highest BCUT2D eigenvalue weighted by Crippen LogP contribution is 2.36. The van der Waals surface area contributed by atoms with Crippen LogP contribution in [0.1, 0.15) is 40.5 Å². The number of anilines is 1. The molecule has 152 valence electrons. The van der Waals surface area contributed by atoms with Crippen LogP contribution in [0.2, 0.25) is 0 Å². The van der Waals surface area contributed by atoms with E-state index >= 15 is 0 Å². The Morgan fingerprint density at radius 1 is 1.03 bits per heavy atom. The Kier molecular flexibility index (Phi) is 6.72. The summed E-state index contributed by atoms with van der Waals surface area (Å²) in [4.78, 5) is 25.6. The molecule has 1 heterocycles. The standard InChI is InChI=1S/C22H23NO5S/c1-4-5-10-28-22(25)19-17-8-6-7-9-18(17)29-21(19)23-20(24)14-11-15(26-2)13-16(12-14)27-3/h6-9,11-13H,4-5,10H2,1-3H3,(H,23,24). The second-order valence-corrected chi connectivity index (χ2v) is 7.40. The summed E-state index contributed by atoms with van der Waals surface area (Å²) in [6.45, 7) is 2.38. The molecule has 0 bridgehead atoms. The summed E-state index contributed by atoms with van der Waals surface area (Å²) in [5.41, 5.74) is 0.744. The van der Waals surface area contributed by atoms with Gasteiger partial charge >= 0.3 is 5.97 Å². The summed E-state index contributed by atoms with van der Waals surface area (Å²) in [6.07, 6.45) is 1.72. The third kappa shape index (κ3) is 4.68. The number of benzene rings is 2. The molecule has 7 heteroatoms. The first-order valence-electron chi connectivity index (χ1n) is 9.30. The van der Waals surface area contributed by atoms with E-state index in [1.165, 1.54) is 25.6 Å². The molecule has 0 spiro atoms. The summed E-state index contributed by atoms with van der Waals surface area (Å²) in [7, 11) is 3.04. The fourth-order valence-electron chi connectivity index (χ4n) is 2.83. The number of carbonyl (C=O) groups is 2. The Bertz CT molecular complexity index is 1000. The molecule has 6 nitrogen and oxygen atoms in total. The van der Waals surface area contributed by atoms with E-state index in [1.54, 1.807) is 18.2 Å². The summed E-state index contributed by atoms with van der Waals surface area (Å²) < 4.78 is 16.8. The van der Waals surface area contributed by atoms with Crippen LogP contribution in [0, 0.1) is 0 Å². The number of unbranched alkanes of at least 4 members (excludes halogenated alkanes) is 1. The number of rotatable bonds is 8. The van der Waals surface area contributed by atoms with Crippen LogP contribution in [0.15, 0.2) is 42.5 Å². The molecular formula is C22H23NO5S. The van der Waals surface area contributed by atoms with Crippen LogP contribution in [0.3, 0.4) is 0 Å². The minimum Gasteiger partial charge on any atom is -0.497 e. The van der Waals surface area contributed by atoms with Crippen molar-refractivity contribution in [2.75, 3.05) is 26.1 Å². The molecule has 1 N–H and O–H groups in total. The third-order valence-corrected chi connectivity index (χ3v) is 5.46. The molecule has 0 unspecified atom stereocenters. The van der Waals surface area contributed by atoms with E-state index in [0.29, 0.717) is 34.2 Å². The third-order valence-electron chi connectivity index (χ3n) is 4.37. The topological polar surface area (TPSA) is 73.9 Å². The van der Waals surface area contributed by atoms with Crippen molar-refractivity contribution in [2.45, 2.75) is 19.8 Å². The lowest BCUT2D eigenvalue weighted by atomic mass is 10.1. The van der Waals surface area contributed by atoms with E-state index in [0.717, 1.165) is 22.9 Å². The molecule has 1 amide bonds. The van der Waals surface area contributed by atoms with Crippen LogP contribution in [-0.2, 0) is 4.74 Å². The van der Waals surface area contributed by atoms with E-state index in [2.05, 4.69) is 5.32 Å². The zero-order chi connectivity index (χ0) is 20.8. The van der Waals surface area contributed by atoms with Crippen LogP contribution in [0.5, 0.6) is 11.5 Å². The first-order valence-corrected chi connectivity index (χ1v) is 10.1. The fourth-order valence-corrected chi connectivity index (χ4v) is 3.92. The molecule has 0 saturated heterocycles. The molecule has 2 aromatic carbocycles. The Morgan fingerprint density at radius 3 is 2.38 bits per heavy atom.